The fraction of sp³-hybridized carbons (Fsp3) is 0.167. The molecule has 0 aliphatic carbocycles. The molecule has 5 heteroatoms. The molecular weight excluding hydrogens is 300 g/mol. The topological polar surface area (TPSA) is 42.0 Å². The van der Waals surface area contributed by atoms with Crippen molar-refractivity contribution in [3.05, 3.63) is 44.7 Å². The summed E-state index contributed by atoms with van der Waals surface area (Å²) in [6.45, 7) is 2.01. The molecule has 88 valence electrons. The molecule has 0 aliphatic rings. The molecule has 0 aliphatic heterocycles. The first kappa shape index (κ1) is 12.3. The number of aryl methyl sites for hydroxylation is 1. The molecule has 1 amide bonds. The summed E-state index contributed by atoms with van der Waals surface area (Å²) in [7, 11) is 0. The van der Waals surface area contributed by atoms with Gasteiger partial charge < -0.3 is 5.32 Å². The van der Waals surface area contributed by atoms with Gasteiger partial charge >= 0.3 is 0 Å². The van der Waals surface area contributed by atoms with E-state index in [1.165, 1.54) is 0 Å². The zero-order valence-corrected chi connectivity index (χ0v) is 11.6. The van der Waals surface area contributed by atoms with Gasteiger partial charge in [0.2, 0.25) is 5.91 Å². The van der Waals surface area contributed by atoms with Crippen LogP contribution in [0.4, 0.5) is 5.82 Å². The Bertz CT molecular complexity index is 522. The van der Waals surface area contributed by atoms with Crippen LogP contribution in [-0.4, -0.2) is 10.9 Å². The lowest BCUT2D eigenvalue weighted by molar-refractivity contribution is -0.115. The van der Waals surface area contributed by atoms with Gasteiger partial charge in [-0.05, 0) is 52.0 Å². The smallest absolute Gasteiger partial charge is 0.230 e. The van der Waals surface area contributed by atoms with Crippen LogP contribution in [0.5, 0.6) is 0 Å². The van der Waals surface area contributed by atoms with E-state index in [-0.39, 0.29) is 5.91 Å². The summed E-state index contributed by atoms with van der Waals surface area (Å²) >= 11 is 4.90. The van der Waals surface area contributed by atoms with Crippen LogP contribution >= 0.6 is 27.3 Å². The first-order valence-corrected chi connectivity index (χ1v) is 6.77. The van der Waals surface area contributed by atoms with Crippen molar-refractivity contribution in [2.45, 2.75) is 13.3 Å². The van der Waals surface area contributed by atoms with Crippen molar-refractivity contribution in [2.75, 3.05) is 5.32 Å². The summed E-state index contributed by atoms with van der Waals surface area (Å²) in [6, 6.07) is 5.63. The molecule has 0 radical (unpaired) electrons. The standard InChI is InChI=1S/C12H11BrN2OS/c1-8-4-5-17-10(8)6-12(16)15-11-3-2-9(13)7-14-11/h2-5,7H,6H2,1H3,(H,14,15,16). The molecule has 3 nitrogen and oxygen atoms in total. The third kappa shape index (κ3) is 3.38. The van der Waals surface area contributed by atoms with E-state index in [2.05, 4.69) is 26.2 Å². The number of hydrogen-bond donors (Lipinski definition) is 1. The molecule has 0 saturated heterocycles. The molecule has 0 spiro atoms. The molecule has 0 fully saturated rings. The first-order valence-electron chi connectivity index (χ1n) is 5.09. The van der Waals surface area contributed by atoms with E-state index >= 15 is 0 Å². The number of carbonyl (C=O) groups excluding carboxylic acids is 1. The summed E-state index contributed by atoms with van der Waals surface area (Å²) in [5.41, 5.74) is 1.16. The van der Waals surface area contributed by atoms with Crippen LogP contribution in [0.3, 0.4) is 0 Å². The Kier molecular flexibility index (Phi) is 3.91. The second-order valence-corrected chi connectivity index (χ2v) is 5.53. The molecule has 2 aromatic rings. The highest BCUT2D eigenvalue weighted by molar-refractivity contribution is 9.10. The minimum atomic E-state index is -0.0367. The van der Waals surface area contributed by atoms with Gasteiger partial charge in [-0.2, -0.15) is 0 Å². The highest BCUT2D eigenvalue weighted by Crippen LogP contribution is 2.17. The number of amides is 1. The molecule has 1 N–H and O–H groups in total. The Labute approximate surface area is 112 Å². The molecule has 2 heterocycles. The van der Waals surface area contributed by atoms with Gasteiger partial charge in [0.15, 0.2) is 0 Å². The van der Waals surface area contributed by atoms with Crippen LogP contribution in [0, 0.1) is 6.92 Å². The quantitative estimate of drug-likeness (QED) is 0.944. The minimum absolute atomic E-state index is 0.0367. The number of anilines is 1. The number of pyridine rings is 1. The molecule has 17 heavy (non-hydrogen) atoms. The lowest BCUT2D eigenvalue weighted by Gasteiger charge is -2.03. The lowest BCUT2D eigenvalue weighted by Crippen LogP contribution is -2.14. The average Bonchev–Trinajstić information content (AvgIpc) is 2.68. The van der Waals surface area contributed by atoms with Gasteiger partial charge in [0.25, 0.3) is 0 Å². The maximum Gasteiger partial charge on any atom is 0.230 e. The number of rotatable bonds is 3. The van der Waals surface area contributed by atoms with E-state index in [0.29, 0.717) is 12.2 Å². The van der Waals surface area contributed by atoms with E-state index in [0.717, 1.165) is 14.9 Å². The summed E-state index contributed by atoms with van der Waals surface area (Å²) in [5.74, 6) is 0.540. The number of nitrogens with one attached hydrogen (secondary N) is 1. The highest BCUT2D eigenvalue weighted by Gasteiger charge is 2.07. The number of hydrogen-bond acceptors (Lipinski definition) is 3. The van der Waals surface area contributed by atoms with E-state index in [4.69, 9.17) is 0 Å². The van der Waals surface area contributed by atoms with Crippen molar-refractivity contribution in [1.82, 2.24) is 4.98 Å². The Hall–Kier alpha value is -1.20. The largest absolute Gasteiger partial charge is 0.310 e. The van der Waals surface area contributed by atoms with Gasteiger partial charge in [0, 0.05) is 15.5 Å². The maximum absolute atomic E-state index is 11.8. The van der Waals surface area contributed by atoms with Crippen LogP contribution in [0.15, 0.2) is 34.2 Å². The summed E-state index contributed by atoms with van der Waals surface area (Å²) in [4.78, 5) is 17.0. The predicted octanol–water partition coefficient (Wildman–Crippen LogP) is 3.40. The van der Waals surface area contributed by atoms with Crippen LogP contribution < -0.4 is 5.32 Å². The summed E-state index contributed by atoms with van der Waals surface area (Å²) in [6.07, 6.45) is 2.06. The van der Waals surface area contributed by atoms with E-state index < -0.39 is 0 Å². The second-order valence-electron chi connectivity index (χ2n) is 3.61. The molecule has 0 bridgehead atoms. The van der Waals surface area contributed by atoms with Crippen molar-refractivity contribution in [1.29, 1.82) is 0 Å². The van der Waals surface area contributed by atoms with Crippen molar-refractivity contribution in [2.24, 2.45) is 0 Å². The first-order chi connectivity index (χ1) is 8.15. The third-order valence-electron chi connectivity index (χ3n) is 2.28. The normalized spacial score (nSPS) is 10.2. The van der Waals surface area contributed by atoms with Crippen molar-refractivity contribution in [3.8, 4) is 0 Å². The molecule has 0 aromatic carbocycles. The van der Waals surface area contributed by atoms with Crippen LogP contribution in [-0.2, 0) is 11.2 Å². The Balaban J connectivity index is 1.98. The van der Waals surface area contributed by atoms with Crippen LogP contribution in [0.2, 0.25) is 0 Å². The Morgan fingerprint density at radius 3 is 2.88 bits per heavy atom. The number of carbonyl (C=O) groups is 1. The van der Waals surface area contributed by atoms with E-state index in [1.54, 1.807) is 23.6 Å². The SMILES string of the molecule is Cc1ccsc1CC(=O)Nc1ccc(Br)cn1. The zero-order valence-electron chi connectivity index (χ0n) is 9.24. The second kappa shape index (κ2) is 5.42. The minimum Gasteiger partial charge on any atom is -0.310 e. The predicted molar refractivity (Wildman–Crippen MR) is 73.3 cm³/mol. The maximum atomic E-state index is 11.8. The Morgan fingerprint density at radius 2 is 2.29 bits per heavy atom. The molecule has 0 saturated carbocycles. The summed E-state index contributed by atoms with van der Waals surface area (Å²) in [5, 5.41) is 4.77. The summed E-state index contributed by atoms with van der Waals surface area (Å²) < 4.78 is 0.893. The van der Waals surface area contributed by atoms with Crippen molar-refractivity contribution < 1.29 is 4.79 Å². The number of halogens is 1. The van der Waals surface area contributed by atoms with Crippen LogP contribution in [0.1, 0.15) is 10.4 Å². The molecule has 0 atom stereocenters. The monoisotopic (exact) mass is 310 g/mol. The fourth-order valence-electron chi connectivity index (χ4n) is 1.37. The molecule has 0 unspecified atom stereocenters. The Morgan fingerprint density at radius 1 is 1.47 bits per heavy atom. The van der Waals surface area contributed by atoms with Crippen molar-refractivity contribution >= 4 is 39.0 Å². The zero-order chi connectivity index (χ0) is 12.3. The number of aromatic nitrogens is 1. The lowest BCUT2D eigenvalue weighted by atomic mass is 10.2. The molecular formula is C12H11BrN2OS. The van der Waals surface area contributed by atoms with Gasteiger partial charge in [0.1, 0.15) is 5.82 Å². The van der Waals surface area contributed by atoms with Gasteiger partial charge in [-0.15, -0.1) is 11.3 Å². The fourth-order valence-corrected chi connectivity index (χ4v) is 2.51. The average molecular weight is 311 g/mol. The third-order valence-corrected chi connectivity index (χ3v) is 3.78. The number of thiophene rings is 1. The van der Waals surface area contributed by atoms with Crippen molar-refractivity contribution in [3.63, 3.8) is 0 Å². The molecule has 2 rings (SSSR count). The van der Waals surface area contributed by atoms with E-state index in [9.17, 15) is 4.79 Å². The van der Waals surface area contributed by atoms with Crippen LogP contribution in [0.25, 0.3) is 0 Å². The van der Waals surface area contributed by atoms with Gasteiger partial charge in [-0.1, -0.05) is 0 Å². The van der Waals surface area contributed by atoms with Gasteiger partial charge in [-0.25, -0.2) is 4.98 Å². The highest BCUT2D eigenvalue weighted by atomic mass is 79.9. The molecule has 2 aromatic heterocycles. The van der Waals surface area contributed by atoms with E-state index in [1.807, 2.05) is 24.4 Å². The number of nitrogens with zero attached hydrogens (tertiary/aromatic N) is 1. The van der Waals surface area contributed by atoms with Gasteiger partial charge in [-0.3, -0.25) is 4.79 Å². The van der Waals surface area contributed by atoms with Gasteiger partial charge in [0.05, 0.1) is 6.42 Å².